The highest BCUT2D eigenvalue weighted by Crippen LogP contribution is 2.25. The van der Waals surface area contributed by atoms with E-state index in [9.17, 15) is 4.79 Å². The monoisotopic (exact) mass is 400 g/mol. The minimum atomic E-state index is 0.0215. The van der Waals surface area contributed by atoms with E-state index in [-0.39, 0.29) is 5.91 Å². The van der Waals surface area contributed by atoms with Crippen molar-refractivity contribution in [3.63, 3.8) is 0 Å². The summed E-state index contributed by atoms with van der Waals surface area (Å²) in [7, 11) is 0. The van der Waals surface area contributed by atoms with E-state index in [4.69, 9.17) is 0 Å². The minimum Gasteiger partial charge on any atom is -0.326 e. The molecule has 2 heterocycles. The highest BCUT2D eigenvalue weighted by molar-refractivity contribution is 7.99. The summed E-state index contributed by atoms with van der Waals surface area (Å²) in [5, 5.41) is 11.4. The van der Waals surface area contributed by atoms with Gasteiger partial charge in [-0.1, -0.05) is 24.3 Å². The van der Waals surface area contributed by atoms with Crippen LogP contribution >= 0.6 is 11.8 Å². The molecule has 2 N–H and O–H groups in total. The summed E-state index contributed by atoms with van der Waals surface area (Å²) >= 11 is 1.66. The second-order valence-corrected chi connectivity index (χ2v) is 7.59. The molecule has 0 fully saturated rings. The van der Waals surface area contributed by atoms with E-state index < -0.39 is 0 Å². The van der Waals surface area contributed by atoms with E-state index >= 15 is 0 Å². The van der Waals surface area contributed by atoms with E-state index in [1.54, 1.807) is 18.0 Å². The Morgan fingerprint density at radius 1 is 1.03 bits per heavy atom. The average Bonchev–Trinajstić information content (AvgIpc) is 3.16. The lowest BCUT2D eigenvalue weighted by molar-refractivity contribution is -0.115. The van der Waals surface area contributed by atoms with E-state index in [2.05, 4.69) is 38.7 Å². The summed E-state index contributed by atoms with van der Waals surface area (Å²) in [6, 6.07) is 21.5. The molecule has 29 heavy (non-hydrogen) atoms. The third kappa shape index (κ3) is 5.12. The van der Waals surface area contributed by atoms with Crippen molar-refractivity contribution in [2.75, 3.05) is 11.1 Å². The predicted molar refractivity (Wildman–Crippen MR) is 120 cm³/mol. The van der Waals surface area contributed by atoms with Crippen LogP contribution in [0, 0.1) is 0 Å². The minimum absolute atomic E-state index is 0.0215. The number of rotatable bonds is 7. The van der Waals surface area contributed by atoms with Gasteiger partial charge in [-0.2, -0.15) is 5.10 Å². The second-order valence-electron chi connectivity index (χ2n) is 6.42. The largest absolute Gasteiger partial charge is 0.326 e. The fourth-order valence-corrected chi connectivity index (χ4v) is 3.77. The van der Waals surface area contributed by atoms with E-state index in [1.807, 2.05) is 60.7 Å². The molecule has 0 aliphatic carbocycles. The number of para-hydroxylation sites is 1. The molecule has 0 radical (unpaired) electrons. The van der Waals surface area contributed by atoms with Crippen molar-refractivity contribution < 1.29 is 4.79 Å². The summed E-state index contributed by atoms with van der Waals surface area (Å²) in [4.78, 5) is 17.4. The molecule has 5 nitrogen and oxygen atoms in total. The number of nitrogens with one attached hydrogen (secondary N) is 2. The van der Waals surface area contributed by atoms with E-state index in [1.165, 1.54) is 0 Å². The number of hydrogen-bond donors (Lipinski definition) is 2. The van der Waals surface area contributed by atoms with Gasteiger partial charge in [0.2, 0.25) is 5.91 Å². The molecule has 144 valence electrons. The summed E-state index contributed by atoms with van der Waals surface area (Å²) in [5.74, 6) is 0.735. The Hall–Kier alpha value is -3.38. The van der Waals surface area contributed by atoms with Crippen LogP contribution in [0.1, 0.15) is 17.8 Å². The van der Waals surface area contributed by atoms with Crippen molar-refractivity contribution in [2.45, 2.75) is 11.3 Å². The molecule has 1 amide bonds. The first-order chi connectivity index (χ1) is 14.3. The van der Waals surface area contributed by atoms with Gasteiger partial charge in [-0.15, -0.1) is 11.8 Å². The number of nitrogens with zero attached hydrogens (tertiary/aromatic N) is 2. The van der Waals surface area contributed by atoms with Gasteiger partial charge < -0.3 is 5.32 Å². The molecule has 0 unspecified atom stereocenters. The zero-order chi connectivity index (χ0) is 19.9. The third-order valence-electron chi connectivity index (χ3n) is 4.32. The average molecular weight is 401 g/mol. The topological polar surface area (TPSA) is 70.7 Å². The van der Waals surface area contributed by atoms with E-state index in [0.29, 0.717) is 12.2 Å². The number of aromatic amines is 1. The number of H-pyrrole nitrogens is 1. The molecule has 0 saturated carbocycles. The first kappa shape index (κ1) is 19.0. The van der Waals surface area contributed by atoms with Crippen LogP contribution in [0.5, 0.6) is 0 Å². The Bertz CT molecular complexity index is 1120. The molecule has 0 bridgehead atoms. The molecule has 4 rings (SSSR count). The van der Waals surface area contributed by atoms with Crippen LogP contribution in [-0.4, -0.2) is 26.8 Å². The molecule has 2 aromatic carbocycles. The van der Waals surface area contributed by atoms with Gasteiger partial charge in [0.1, 0.15) is 0 Å². The Morgan fingerprint density at radius 2 is 1.90 bits per heavy atom. The van der Waals surface area contributed by atoms with Gasteiger partial charge in [-0.05, 0) is 54.6 Å². The van der Waals surface area contributed by atoms with Crippen LogP contribution in [0.4, 0.5) is 5.69 Å². The normalized spacial score (nSPS) is 11.2. The Morgan fingerprint density at radius 3 is 2.72 bits per heavy atom. The van der Waals surface area contributed by atoms with Crippen LogP contribution in [0.2, 0.25) is 0 Å². The standard InChI is InChI=1S/C23H20N4OS/c28-23(25-18-7-2-1-3-8-18)13-15-29-19-10-11-20-21(26-27-22(20)16-19)12-9-17-6-4-5-14-24-17/h1-12,14,16H,13,15H2,(H,25,28)(H,26,27). The van der Waals surface area contributed by atoms with Gasteiger partial charge in [0, 0.05) is 34.3 Å². The fourth-order valence-electron chi connectivity index (χ4n) is 2.88. The number of fused-ring (bicyclic) bond motifs is 1. The number of benzene rings is 2. The number of aromatic nitrogens is 3. The maximum absolute atomic E-state index is 12.1. The highest BCUT2D eigenvalue weighted by atomic mass is 32.2. The van der Waals surface area contributed by atoms with Crippen LogP contribution in [-0.2, 0) is 4.79 Å². The van der Waals surface area contributed by atoms with Crippen molar-refractivity contribution in [1.29, 1.82) is 0 Å². The van der Waals surface area contributed by atoms with Crippen LogP contribution in [0.3, 0.4) is 0 Å². The second kappa shape index (κ2) is 9.21. The fraction of sp³-hybridized carbons (Fsp3) is 0.0870. The summed E-state index contributed by atoms with van der Waals surface area (Å²) in [6.07, 6.45) is 6.14. The van der Waals surface area contributed by atoms with Gasteiger partial charge in [0.05, 0.1) is 16.9 Å². The zero-order valence-electron chi connectivity index (χ0n) is 15.7. The maximum atomic E-state index is 12.1. The quantitative estimate of drug-likeness (QED) is 0.416. The Balaban J connectivity index is 1.35. The van der Waals surface area contributed by atoms with Gasteiger partial charge in [-0.3, -0.25) is 14.9 Å². The molecule has 4 aromatic rings. The Labute approximate surface area is 173 Å². The van der Waals surface area contributed by atoms with Crippen molar-refractivity contribution in [3.05, 3.63) is 84.3 Å². The number of carbonyl (C=O) groups excluding carboxylic acids is 1. The van der Waals surface area contributed by atoms with Crippen LogP contribution in [0.15, 0.2) is 77.8 Å². The van der Waals surface area contributed by atoms with Gasteiger partial charge in [-0.25, -0.2) is 0 Å². The van der Waals surface area contributed by atoms with Crippen molar-refractivity contribution in [1.82, 2.24) is 15.2 Å². The molecule has 2 aromatic heterocycles. The number of thioether (sulfide) groups is 1. The maximum Gasteiger partial charge on any atom is 0.225 e. The van der Waals surface area contributed by atoms with Crippen molar-refractivity contribution in [3.8, 4) is 0 Å². The molecule has 0 aliphatic rings. The summed E-state index contributed by atoms with van der Waals surface area (Å²) in [5.41, 5.74) is 3.58. The smallest absolute Gasteiger partial charge is 0.225 e. The third-order valence-corrected chi connectivity index (χ3v) is 5.31. The van der Waals surface area contributed by atoms with Gasteiger partial charge in [0.15, 0.2) is 0 Å². The van der Waals surface area contributed by atoms with E-state index in [0.717, 1.165) is 32.9 Å². The molecule has 0 aliphatic heterocycles. The highest BCUT2D eigenvalue weighted by Gasteiger charge is 2.06. The molecular formula is C23H20N4OS. The van der Waals surface area contributed by atoms with Crippen molar-refractivity contribution >= 4 is 46.4 Å². The van der Waals surface area contributed by atoms with Gasteiger partial charge >= 0.3 is 0 Å². The lowest BCUT2D eigenvalue weighted by atomic mass is 10.2. The van der Waals surface area contributed by atoms with Gasteiger partial charge in [0.25, 0.3) is 0 Å². The predicted octanol–water partition coefficient (Wildman–Crippen LogP) is 5.25. The van der Waals surface area contributed by atoms with Crippen LogP contribution in [0.25, 0.3) is 23.1 Å². The molecule has 0 saturated heterocycles. The molecule has 6 heteroatoms. The number of pyridine rings is 1. The van der Waals surface area contributed by atoms with Crippen molar-refractivity contribution in [2.24, 2.45) is 0 Å². The SMILES string of the molecule is O=C(CCSc1ccc2c(C=Cc3ccccn3)n[nH]c2c1)Nc1ccccc1. The number of hydrogen-bond acceptors (Lipinski definition) is 4. The summed E-state index contributed by atoms with van der Waals surface area (Å²) in [6.45, 7) is 0. The lowest BCUT2D eigenvalue weighted by Gasteiger charge is -2.05. The lowest BCUT2D eigenvalue weighted by Crippen LogP contribution is -2.11. The Kier molecular flexibility index (Phi) is 6.02. The molecule has 0 spiro atoms. The summed E-state index contributed by atoms with van der Waals surface area (Å²) < 4.78 is 0. The van der Waals surface area contributed by atoms with Crippen LogP contribution < -0.4 is 5.32 Å². The molecular weight excluding hydrogens is 380 g/mol. The first-order valence-corrected chi connectivity index (χ1v) is 10.3. The number of amides is 1. The number of carbonyl (C=O) groups is 1. The number of anilines is 1. The zero-order valence-corrected chi connectivity index (χ0v) is 16.5. The molecule has 0 atom stereocenters. The first-order valence-electron chi connectivity index (χ1n) is 9.33.